The molecule has 1 aliphatic heterocycles. The molecule has 0 amide bonds. The van der Waals surface area contributed by atoms with Crippen LogP contribution in [0.25, 0.3) is 0 Å². The Balaban J connectivity index is 1.41. The maximum atomic E-state index is 5.48. The van der Waals surface area contributed by atoms with Gasteiger partial charge in [0.05, 0.1) is 19.4 Å². The second-order valence-electron chi connectivity index (χ2n) is 7.28. The van der Waals surface area contributed by atoms with Crippen molar-refractivity contribution >= 4 is 0 Å². The van der Waals surface area contributed by atoms with Crippen LogP contribution in [-0.2, 0) is 19.6 Å². The van der Waals surface area contributed by atoms with Crippen LogP contribution in [0.3, 0.4) is 0 Å². The third-order valence-corrected chi connectivity index (χ3v) is 4.93. The van der Waals surface area contributed by atoms with E-state index in [0.717, 1.165) is 37.9 Å². The van der Waals surface area contributed by atoms with Gasteiger partial charge in [-0.3, -0.25) is 9.80 Å². The number of rotatable bonds is 6. The molecule has 0 aromatic carbocycles. The molecule has 23 heavy (non-hydrogen) atoms. The van der Waals surface area contributed by atoms with Gasteiger partial charge in [0, 0.05) is 44.5 Å². The average molecular weight is 314 g/mol. The Morgan fingerprint density at radius 1 is 1.30 bits per heavy atom. The average Bonchev–Trinajstić information content (AvgIpc) is 3.03. The number of imidazole rings is 1. The summed E-state index contributed by atoms with van der Waals surface area (Å²) in [6.07, 6.45) is 8.65. The normalized spacial score (nSPS) is 22.3. The lowest BCUT2D eigenvalue weighted by molar-refractivity contribution is 0.175. The fourth-order valence-electron chi connectivity index (χ4n) is 3.72. The minimum Gasteiger partial charge on any atom is -0.468 e. The van der Waals surface area contributed by atoms with Gasteiger partial charge in [-0.2, -0.15) is 0 Å². The first-order chi connectivity index (χ1) is 11.3. The highest BCUT2D eigenvalue weighted by molar-refractivity contribution is 4.99. The van der Waals surface area contributed by atoms with Gasteiger partial charge in [-0.15, -0.1) is 0 Å². The Kier molecular flexibility index (Phi) is 4.23. The number of hydrogen-bond acceptors (Lipinski definition) is 4. The van der Waals surface area contributed by atoms with Crippen molar-refractivity contribution in [1.29, 1.82) is 0 Å². The van der Waals surface area contributed by atoms with Crippen LogP contribution >= 0.6 is 0 Å². The van der Waals surface area contributed by atoms with Gasteiger partial charge >= 0.3 is 0 Å². The van der Waals surface area contributed by atoms with E-state index in [1.807, 2.05) is 12.3 Å². The molecular formula is C18H26N4O. The maximum Gasteiger partial charge on any atom is 0.122 e. The zero-order valence-electron chi connectivity index (χ0n) is 13.9. The smallest absolute Gasteiger partial charge is 0.122 e. The van der Waals surface area contributed by atoms with E-state index in [4.69, 9.17) is 4.42 Å². The summed E-state index contributed by atoms with van der Waals surface area (Å²) in [5.74, 6) is 3.82. The summed E-state index contributed by atoms with van der Waals surface area (Å²) in [5, 5.41) is 0. The second kappa shape index (κ2) is 6.49. The van der Waals surface area contributed by atoms with Gasteiger partial charge in [0.2, 0.25) is 0 Å². The molecule has 0 N–H and O–H groups in total. The first kappa shape index (κ1) is 15.0. The van der Waals surface area contributed by atoms with E-state index in [0.29, 0.717) is 5.92 Å². The predicted molar refractivity (Wildman–Crippen MR) is 88.8 cm³/mol. The Morgan fingerprint density at radius 2 is 2.22 bits per heavy atom. The zero-order chi connectivity index (χ0) is 15.6. The largest absolute Gasteiger partial charge is 0.468 e. The molecule has 2 aromatic rings. The number of nitrogens with zero attached hydrogens (tertiary/aromatic N) is 4. The first-order valence-corrected chi connectivity index (χ1v) is 8.69. The Bertz CT molecular complexity index is 617. The van der Waals surface area contributed by atoms with Crippen molar-refractivity contribution in [1.82, 2.24) is 19.4 Å². The lowest BCUT2D eigenvalue weighted by Crippen LogP contribution is -2.35. The molecule has 5 nitrogen and oxygen atoms in total. The van der Waals surface area contributed by atoms with Crippen LogP contribution in [0.1, 0.15) is 24.4 Å². The lowest BCUT2D eigenvalue weighted by atomic mass is 10.1. The Labute approximate surface area is 137 Å². The molecule has 0 radical (unpaired) electrons. The fraction of sp³-hybridized carbons (Fsp3) is 0.611. The van der Waals surface area contributed by atoms with Crippen LogP contribution in [0.4, 0.5) is 0 Å². The van der Waals surface area contributed by atoms with Crippen molar-refractivity contribution < 1.29 is 4.42 Å². The molecule has 4 rings (SSSR count). The molecule has 1 fully saturated rings. The molecule has 1 atom stereocenters. The van der Waals surface area contributed by atoms with Gasteiger partial charge in [-0.1, -0.05) is 0 Å². The standard InChI is InChI=1S/C18H26N4O/c1-20(13-17-3-2-8-23-17)9-16-11-21(10-15-4-5-15)14-18-19-6-7-22(18)12-16/h2-3,6-8,15-16H,4-5,9-14H2,1H3. The SMILES string of the molecule is CN(Cc1ccco1)CC1CN(CC2CC2)Cc2nccn2C1. The molecule has 0 spiro atoms. The molecule has 3 heterocycles. The number of fused-ring (bicyclic) bond motifs is 1. The highest BCUT2D eigenvalue weighted by Gasteiger charge is 2.29. The van der Waals surface area contributed by atoms with Crippen molar-refractivity contribution in [2.24, 2.45) is 11.8 Å². The molecule has 5 heteroatoms. The number of hydrogen-bond donors (Lipinski definition) is 0. The first-order valence-electron chi connectivity index (χ1n) is 8.69. The van der Waals surface area contributed by atoms with Gasteiger partial charge in [-0.05, 0) is 37.9 Å². The van der Waals surface area contributed by atoms with Crippen molar-refractivity contribution in [3.05, 3.63) is 42.4 Å². The van der Waals surface area contributed by atoms with E-state index in [-0.39, 0.29) is 0 Å². The molecule has 1 unspecified atom stereocenters. The molecule has 1 saturated carbocycles. The quantitative estimate of drug-likeness (QED) is 0.821. The van der Waals surface area contributed by atoms with Crippen LogP contribution in [-0.4, -0.2) is 46.0 Å². The van der Waals surface area contributed by atoms with Crippen LogP contribution < -0.4 is 0 Å². The monoisotopic (exact) mass is 314 g/mol. The zero-order valence-corrected chi connectivity index (χ0v) is 13.9. The van der Waals surface area contributed by atoms with Gasteiger partial charge in [0.25, 0.3) is 0 Å². The summed E-state index contributed by atoms with van der Waals surface area (Å²) in [4.78, 5) is 9.56. The second-order valence-corrected chi connectivity index (χ2v) is 7.28. The molecule has 1 aliphatic carbocycles. The Morgan fingerprint density at radius 3 is 3.00 bits per heavy atom. The van der Waals surface area contributed by atoms with Crippen molar-refractivity contribution in [3.8, 4) is 0 Å². The van der Waals surface area contributed by atoms with E-state index in [2.05, 4.69) is 38.7 Å². The minimum atomic E-state index is 0.629. The van der Waals surface area contributed by atoms with Crippen LogP contribution in [0.5, 0.6) is 0 Å². The van der Waals surface area contributed by atoms with Crippen LogP contribution in [0.15, 0.2) is 35.2 Å². The third kappa shape index (κ3) is 3.85. The molecule has 2 aliphatic rings. The van der Waals surface area contributed by atoms with Crippen molar-refractivity contribution in [2.75, 3.05) is 26.7 Å². The predicted octanol–water partition coefficient (Wildman–Crippen LogP) is 2.45. The van der Waals surface area contributed by atoms with Gasteiger partial charge in [0.1, 0.15) is 11.6 Å². The van der Waals surface area contributed by atoms with E-state index < -0.39 is 0 Å². The van der Waals surface area contributed by atoms with E-state index in [1.165, 1.54) is 31.8 Å². The highest BCUT2D eigenvalue weighted by atomic mass is 16.3. The lowest BCUT2D eigenvalue weighted by Gasteiger charge is -2.27. The maximum absolute atomic E-state index is 5.48. The van der Waals surface area contributed by atoms with Gasteiger partial charge in [0.15, 0.2) is 0 Å². The summed E-state index contributed by atoms with van der Waals surface area (Å²) in [6.45, 7) is 6.44. The third-order valence-electron chi connectivity index (χ3n) is 4.93. The summed E-state index contributed by atoms with van der Waals surface area (Å²) < 4.78 is 7.82. The summed E-state index contributed by atoms with van der Waals surface area (Å²) >= 11 is 0. The Hall–Kier alpha value is -1.59. The van der Waals surface area contributed by atoms with E-state index in [1.54, 1.807) is 6.26 Å². The topological polar surface area (TPSA) is 37.4 Å². The molecular weight excluding hydrogens is 288 g/mol. The van der Waals surface area contributed by atoms with Crippen LogP contribution in [0.2, 0.25) is 0 Å². The summed E-state index contributed by atoms with van der Waals surface area (Å²) in [5.41, 5.74) is 0. The fourth-order valence-corrected chi connectivity index (χ4v) is 3.72. The molecule has 2 aromatic heterocycles. The van der Waals surface area contributed by atoms with Crippen LogP contribution in [0, 0.1) is 11.8 Å². The molecule has 0 saturated heterocycles. The molecule has 124 valence electrons. The number of furan rings is 1. The van der Waals surface area contributed by atoms with Gasteiger partial charge in [-0.25, -0.2) is 4.98 Å². The van der Waals surface area contributed by atoms with Crippen molar-refractivity contribution in [2.45, 2.75) is 32.5 Å². The number of aromatic nitrogens is 2. The molecule has 0 bridgehead atoms. The summed E-state index contributed by atoms with van der Waals surface area (Å²) in [7, 11) is 2.19. The highest BCUT2D eigenvalue weighted by Crippen LogP contribution is 2.31. The van der Waals surface area contributed by atoms with Gasteiger partial charge < -0.3 is 8.98 Å². The van der Waals surface area contributed by atoms with E-state index >= 15 is 0 Å². The van der Waals surface area contributed by atoms with E-state index in [9.17, 15) is 0 Å². The van der Waals surface area contributed by atoms with Crippen molar-refractivity contribution in [3.63, 3.8) is 0 Å². The summed E-state index contributed by atoms with van der Waals surface area (Å²) in [6, 6.07) is 4.01. The minimum absolute atomic E-state index is 0.629.